The average Bonchev–Trinajstić information content (AvgIpc) is 2.96. The van der Waals surface area contributed by atoms with E-state index in [1.165, 1.54) is 30.7 Å². The molecule has 0 saturated carbocycles. The second-order valence-corrected chi connectivity index (χ2v) is 6.77. The summed E-state index contributed by atoms with van der Waals surface area (Å²) in [6.45, 7) is 0.760. The molecule has 144 valence electrons. The first-order chi connectivity index (χ1) is 13.7. The Labute approximate surface area is 162 Å². The van der Waals surface area contributed by atoms with E-state index in [1.54, 1.807) is 0 Å². The van der Waals surface area contributed by atoms with Crippen LogP contribution >= 0.6 is 0 Å². The molecule has 0 atom stereocenters. The van der Waals surface area contributed by atoms with Gasteiger partial charge in [-0.1, -0.05) is 18.6 Å². The number of halogens is 1. The second-order valence-electron chi connectivity index (χ2n) is 6.77. The van der Waals surface area contributed by atoms with E-state index in [1.807, 2.05) is 24.3 Å². The highest BCUT2D eigenvalue weighted by Gasteiger charge is 2.16. The number of hydrogen-bond acceptors (Lipinski definition) is 4. The smallest absolute Gasteiger partial charge is 0.262 e. The number of ether oxygens (including phenoxy) is 1. The van der Waals surface area contributed by atoms with Crippen molar-refractivity contribution in [2.45, 2.75) is 32.2 Å². The Morgan fingerprint density at radius 1 is 1.11 bits per heavy atom. The number of amides is 1. The summed E-state index contributed by atoms with van der Waals surface area (Å²) in [5, 5.41) is 11.5. The number of hydrogen-bond donors (Lipinski definition) is 1. The third-order valence-corrected chi connectivity index (χ3v) is 4.70. The molecule has 1 amide bonds. The van der Waals surface area contributed by atoms with Crippen LogP contribution in [-0.4, -0.2) is 27.3 Å². The topological polar surface area (TPSA) is 69.0 Å². The third kappa shape index (κ3) is 4.19. The van der Waals surface area contributed by atoms with E-state index in [4.69, 9.17) is 4.74 Å². The number of carbonyl (C=O) groups excluding carboxylic acids is 1. The first-order valence-corrected chi connectivity index (χ1v) is 9.40. The van der Waals surface area contributed by atoms with Crippen LogP contribution in [0.1, 0.15) is 25.1 Å². The Balaban J connectivity index is 1.43. The zero-order valence-corrected chi connectivity index (χ0v) is 15.4. The number of aryl methyl sites for hydroxylation is 1. The Morgan fingerprint density at radius 2 is 1.96 bits per heavy atom. The molecule has 0 bridgehead atoms. The molecule has 0 unspecified atom stereocenters. The molecule has 0 radical (unpaired) electrons. The van der Waals surface area contributed by atoms with E-state index in [0.29, 0.717) is 11.4 Å². The van der Waals surface area contributed by atoms with Crippen LogP contribution in [0.3, 0.4) is 0 Å². The van der Waals surface area contributed by atoms with E-state index in [-0.39, 0.29) is 18.3 Å². The molecule has 0 aliphatic carbocycles. The fourth-order valence-electron chi connectivity index (χ4n) is 3.31. The van der Waals surface area contributed by atoms with Gasteiger partial charge < -0.3 is 14.6 Å². The zero-order chi connectivity index (χ0) is 19.3. The van der Waals surface area contributed by atoms with Gasteiger partial charge in [0, 0.05) is 24.2 Å². The maximum atomic E-state index is 12.9. The van der Waals surface area contributed by atoms with Crippen molar-refractivity contribution in [3.05, 3.63) is 60.2 Å². The number of fused-ring (bicyclic) bond motifs is 1. The van der Waals surface area contributed by atoms with Gasteiger partial charge in [-0.25, -0.2) is 4.39 Å². The van der Waals surface area contributed by atoms with Gasteiger partial charge in [0.25, 0.3) is 5.91 Å². The maximum absolute atomic E-state index is 12.9. The van der Waals surface area contributed by atoms with E-state index >= 15 is 0 Å². The van der Waals surface area contributed by atoms with Gasteiger partial charge in [0.2, 0.25) is 0 Å². The van der Waals surface area contributed by atoms with Crippen molar-refractivity contribution in [3.8, 4) is 17.1 Å². The molecule has 2 heterocycles. The predicted molar refractivity (Wildman–Crippen MR) is 104 cm³/mol. The molecule has 2 aromatic carbocycles. The number of nitrogens with one attached hydrogen (secondary N) is 1. The van der Waals surface area contributed by atoms with Gasteiger partial charge in [-0.15, -0.1) is 10.2 Å². The lowest BCUT2D eigenvalue weighted by atomic mass is 10.2. The summed E-state index contributed by atoms with van der Waals surface area (Å²) in [6.07, 6.45) is 4.41. The van der Waals surface area contributed by atoms with Crippen LogP contribution in [0.15, 0.2) is 48.5 Å². The maximum Gasteiger partial charge on any atom is 0.262 e. The summed E-state index contributed by atoms with van der Waals surface area (Å²) in [4.78, 5) is 12.2. The lowest BCUT2D eigenvalue weighted by Gasteiger charge is -2.10. The summed E-state index contributed by atoms with van der Waals surface area (Å²) in [5.74, 6) is 1.66. The van der Waals surface area contributed by atoms with Gasteiger partial charge in [0.15, 0.2) is 12.4 Å². The van der Waals surface area contributed by atoms with Crippen LogP contribution in [0.2, 0.25) is 0 Å². The van der Waals surface area contributed by atoms with Crippen molar-refractivity contribution in [3.63, 3.8) is 0 Å². The standard InChI is InChI=1S/C21H21FN4O2/c22-16-8-10-18(11-9-16)28-14-20(27)23-17-6-4-5-15(13-17)21-25-24-19-7-2-1-3-12-26(19)21/h4-6,8-11,13H,1-3,7,12,14H2,(H,23,27). The number of nitrogens with zero attached hydrogens (tertiary/aromatic N) is 3. The zero-order valence-electron chi connectivity index (χ0n) is 15.4. The highest BCUT2D eigenvalue weighted by molar-refractivity contribution is 5.92. The van der Waals surface area contributed by atoms with Crippen molar-refractivity contribution >= 4 is 11.6 Å². The number of benzene rings is 2. The van der Waals surface area contributed by atoms with Gasteiger partial charge in [-0.2, -0.15) is 0 Å². The minimum atomic E-state index is -0.347. The van der Waals surface area contributed by atoms with Crippen LogP contribution in [0, 0.1) is 5.82 Å². The van der Waals surface area contributed by atoms with E-state index in [9.17, 15) is 9.18 Å². The average molecular weight is 380 g/mol. The summed E-state index contributed by atoms with van der Waals surface area (Å²) >= 11 is 0. The number of anilines is 1. The molecule has 1 aromatic heterocycles. The highest BCUT2D eigenvalue weighted by Crippen LogP contribution is 2.25. The summed E-state index contributed by atoms with van der Waals surface area (Å²) in [7, 11) is 0. The highest BCUT2D eigenvalue weighted by atomic mass is 19.1. The van der Waals surface area contributed by atoms with Crippen molar-refractivity contribution < 1.29 is 13.9 Å². The molecule has 0 fully saturated rings. The Bertz CT molecular complexity index is 969. The molecule has 0 spiro atoms. The SMILES string of the molecule is O=C(COc1ccc(F)cc1)Nc1cccc(-c2nnc3n2CCCCC3)c1. The summed E-state index contributed by atoms with van der Waals surface area (Å²) in [6, 6.07) is 13.1. The summed E-state index contributed by atoms with van der Waals surface area (Å²) < 4.78 is 20.5. The fourth-order valence-corrected chi connectivity index (χ4v) is 3.31. The minimum absolute atomic E-state index is 0.157. The van der Waals surface area contributed by atoms with Crippen molar-refractivity contribution in [2.24, 2.45) is 0 Å². The lowest BCUT2D eigenvalue weighted by Crippen LogP contribution is -2.20. The van der Waals surface area contributed by atoms with Gasteiger partial charge in [-0.3, -0.25) is 4.79 Å². The van der Waals surface area contributed by atoms with E-state index in [2.05, 4.69) is 20.1 Å². The quantitative estimate of drug-likeness (QED) is 0.730. The van der Waals surface area contributed by atoms with Crippen LogP contribution in [0.4, 0.5) is 10.1 Å². The number of rotatable bonds is 5. The van der Waals surface area contributed by atoms with Gasteiger partial charge >= 0.3 is 0 Å². The van der Waals surface area contributed by atoms with Crippen molar-refractivity contribution in [1.82, 2.24) is 14.8 Å². The van der Waals surface area contributed by atoms with Crippen molar-refractivity contribution in [2.75, 3.05) is 11.9 Å². The van der Waals surface area contributed by atoms with E-state index in [0.717, 1.165) is 43.0 Å². The molecule has 3 aromatic rings. The normalized spacial score (nSPS) is 13.5. The van der Waals surface area contributed by atoms with Gasteiger partial charge in [-0.05, 0) is 49.2 Å². The molecular formula is C21H21FN4O2. The second kappa shape index (κ2) is 8.21. The molecule has 1 aliphatic heterocycles. The predicted octanol–water partition coefficient (Wildman–Crippen LogP) is 3.83. The van der Waals surface area contributed by atoms with Crippen molar-refractivity contribution in [1.29, 1.82) is 0 Å². The third-order valence-electron chi connectivity index (χ3n) is 4.70. The Kier molecular flexibility index (Phi) is 5.32. The molecule has 7 heteroatoms. The molecular weight excluding hydrogens is 359 g/mol. The van der Waals surface area contributed by atoms with Crippen LogP contribution in [0.5, 0.6) is 5.75 Å². The number of carbonyl (C=O) groups is 1. The molecule has 0 saturated heterocycles. The lowest BCUT2D eigenvalue weighted by molar-refractivity contribution is -0.118. The summed E-state index contributed by atoms with van der Waals surface area (Å²) in [5.41, 5.74) is 1.58. The van der Waals surface area contributed by atoms with E-state index < -0.39 is 0 Å². The van der Waals surface area contributed by atoms with Gasteiger partial charge in [0.05, 0.1) is 0 Å². The Hall–Kier alpha value is -3.22. The molecule has 1 aliphatic rings. The first-order valence-electron chi connectivity index (χ1n) is 9.40. The largest absolute Gasteiger partial charge is 0.484 e. The first kappa shape index (κ1) is 18.2. The fraction of sp³-hybridized carbons (Fsp3) is 0.286. The monoisotopic (exact) mass is 380 g/mol. The molecule has 1 N–H and O–H groups in total. The van der Waals surface area contributed by atoms with Gasteiger partial charge in [0.1, 0.15) is 17.4 Å². The van der Waals surface area contributed by atoms with Crippen LogP contribution < -0.4 is 10.1 Å². The van der Waals surface area contributed by atoms with Crippen LogP contribution in [0.25, 0.3) is 11.4 Å². The number of aromatic nitrogens is 3. The molecule has 6 nitrogen and oxygen atoms in total. The molecule has 4 rings (SSSR count). The minimum Gasteiger partial charge on any atom is -0.484 e. The Morgan fingerprint density at radius 3 is 2.82 bits per heavy atom. The molecule has 28 heavy (non-hydrogen) atoms. The van der Waals surface area contributed by atoms with Crippen LogP contribution in [-0.2, 0) is 17.8 Å².